The second-order valence-corrected chi connectivity index (χ2v) is 20.6. The molecule has 0 heterocycles. The largest absolute Gasteiger partial charge is 0.477 e. The van der Waals surface area contributed by atoms with Crippen LogP contribution in [0.3, 0.4) is 0 Å². The first-order valence-corrected chi connectivity index (χ1v) is 29.0. The topological polar surface area (TPSA) is 108 Å². The minimum Gasteiger partial charge on any atom is -0.477 e. The van der Waals surface area contributed by atoms with Gasteiger partial charge in [0, 0.05) is 12.8 Å². The van der Waals surface area contributed by atoms with Crippen molar-refractivity contribution in [1.29, 1.82) is 0 Å². The number of carbonyl (C=O) groups is 3. The summed E-state index contributed by atoms with van der Waals surface area (Å²) in [5.74, 6) is -1.99. The SMILES string of the molecule is CC/C=C\C/C=C\C/C=C\C/C=C\C/C=C\CCCCCCCCCCCCCCCCCCCC(=O)OC(COC(=O)CCCCCCCCCCCCCC)COC(OCC[N+](C)(C)C)C(=O)O. The zero-order valence-corrected chi connectivity index (χ0v) is 46.2. The highest BCUT2D eigenvalue weighted by molar-refractivity contribution is 5.71. The standard InChI is InChI=1S/C61H109NO8/c1-6-8-10-12-14-16-18-20-21-22-23-24-25-26-27-28-29-30-31-32-33-34-35-36-37-38-39-40-42-44-46-48-50-52-59(64)70-57(56-69-61(60(65)66)67-54-53-62(3,4)5)55-68-58(63)51-49-47-45-43-41-19-17-15-13-11-9-7-2/h8,10,14,16,20-21,23-24,26-27,57,61H,6-7,9,11-13,15,17-19,22,25,28-56H2,1-5H3/p+1/b10-8-,16-14-,21-20-,24-23-,27-26-. The second kappa shape index (κ2) is 52.3. The molecule has 0 aliphatic carbocycles. The zero-order valence-electron chi connectivity index (χ0n) is 46.2. The lowest BCUT2D eigenvalue weighted by Gasteiger charge is -2.25. The summed E-state index contributed by atoms with van der Waals surface area (Å²) < 4.78 is 22.8. The lowest BCUT2D eigenvalue weighted by Crippen LogP contribution is -2.40. The smallest absolute Gasteiger partial charge is 0.361 e. The summed E-state index contributed by atoms with van der Waals surface area (Å²) in [4.78, 5) is 37.3. The Balaban J connectivity index is 4.07. The van der Waals surface area contributed by atoms with Crippen molar-refractivity contribution in [1.82, 2.24) is 0 Å². The summed E-state index contributed by atoms with van der Waals surface area (Å²) in [6.07, 6.45) is 63.1. The molecule has 0 radical (unpaired) electrons. The van der Waals surface area contributed by atoms with Gasteiger partial charge in [0.2, 0.25) is 0 Å². The molecule has 0 saturated heterocycles. The van der Waals surface area contributed by atoms with Gasteiger partial charge in [-0.1, -0.05) is 242 Å². The molecule has 0 spiro atoms. The van der Waals surface area contributed by atoms with Crippen molar-refractivity contribution in [3.8, 4) is 0 Å². The molecule has 2 atom stereocenters. The van der Waals surface area contributed by atoms with E-state index in [1.807, 2.05) is 21.1 Å². The van der Waals surface area contributed by atoms with Crippen LogP contribution < -0.4 is 0 Å². The van der Waals surface area contributed by atoms with Crippen LogP contribution in [0.5, 0.6) is 0 Å². The lowest BCUT2D eigenvalue weighted by atomic mass is 10.0. The van der Waals surface area contributed by atoms with Gasteiger partial charge in [0.05, 0.1) is 34.4 Å². The molecule has 2 unspecified atom stereocenters. The van der Waals surface area contributed by atoms with Crippen LogP contribution in [-0.2, 0) is 33.3 Å². The number of likely N-dealkylation sites (N-methyl/N-ethyl adjacent to an activating group) is 1. The first-order valence-electron chi connectivity index (χ1n) is 29.0. The molecule has 0 fully saturated rings. The van der Waals surface area contributed by atoms with Crippen LogP contribution in [0.2, 0.25) is 0 Å². The summed E-state index contributed by atoms with van der Waals surface area (Å²) in [5.41, 5.74) is 0. The Kier molecular flexibility index (Phi) is 50.1. The maximum atomic E-state index is 12.9. The van der Waals surface area contributed by atoms with Crippen LogP contribution in [0.1, 0.15) is 251 Å². The van der Waals surface area contributed by atoms with Gasteiger partial charge in [-0.2, -0.15) is 0 Å². The Morgan fingerprint density at radius 2 is 0.814 bits per heavy atom. The van der Waals surface area contributed by atoms with E-state index in [1.54, 1.807) is 0 Å². The van der Waals surface area contributed by atoms with Gasteiger partial charge in [0.15, 0.2) is 6.10 Å². The van der Waals surface area contributed by atoms with Crippen molar-refractivity contribution >= 4 is 17.9 Å². The number of carbonyl (C=O) groups excluding carboxylic acids is 2. The van der Waals surface area contributed by atoms with Crippen molar-refractivity contribution in [3.05, 3.63) is 60.8 Å². The maximum absolute atomic E-state index is 12.9. The molecule has 0 aromatic heterocycles. The summed E-state index contributed by atoms with van der Waals surface area (Å²) in [6.45, 7) is 4.78. The van der Waals surface area contributed by atoms with E-state index in [2.05, 4.69) is 74.6 Å². The predicted molar refractivity (Wildman–Crippen MR) is 295 cm³/mol. The number of ether oxygens (including phenoxy) is 4. The van der Waals surface area contributed by atoms with Crippen LogP contribution in [0.25, 0.3) is 0 Å². The van der Waals surface area contributed by atoms with Crippen molar-refractivity contribution in [2.45, 2.75) is 264 Å². The number of rotatable bonds is 53. The Morgan fingerprint density at radius 1 is 0.443 bits per heavy atom. The number of nitrogens with zero attached hydrogens (tertiary/aromatic N) is 1. The molecule has 70 heavy (non-hydrogen) atoms. The van der Waals surface area contributed by atoms with Crippen LogP contribution in [0.4, 0.5) is 0 Å². The van der Waals surface area contributed by atoms with Gasteiger partial charge in [-0.25, -0.2) is 4.79 Å². The third kappa shape index (κ3) is 52.8. The molecule has 0 aromatic carbocycles. The molecule has 0 aliphatic heterocycles. The van der Waals surface area contributed by atoms with Gasteiger partial charge in [-0.15, -0.1) is 0 Å². The summed E-state index contributed by atoms with van der Waals surface area (Å²) in [5, 5.41) is 9.68. The van der Waals surface area contributed by atoms with E-state index >= 15 is 0 Å². The number of allylic oxidation sites excluding steroid dienone is 10. The predicted octanol–water partition coefficient (Wildman–Crippen LogP) is 16.8. The van der Waals surface area contributed by atoms with E-state index in [-0.39, 0.29) is 32.2 Å². The van der Waals surface area contributed by atoms with Crippen LogP contribution >= 0.6 is 0 Å². The Labute approximate surface area is 431 Å². The minimum atomic E-state index is -1.51. The third-order valence-corrected chi connectivity index (χ3v) is 12.5. The molecular weight excluding hydrogens is 875 g/mol. The van der Waals surface area contributed by atoms with E-state index in [1.165, 1.54) is 154 Å². The van der Waals surface area contributed by atoms with E-state index in [9.17, 15) is 19.5 Å². The molecule has 0 saturated carbocycles. The average Bonchev–Trinajstić information content (AvgIpc) is 3.33. The van der Waals surface area contributed by atoms with Gasteiger partial charge in [-0.05, 0) is 57.8 Å². The minimum absolute atomic E-state index is 0.179. The fourth-order valence-electron chi connectivity index (χ4n) is 8.10. The van der Waals surface area contributed by atoms with Crippen molar-refractivity contribution in [2.75, 3.05) is 47.5 Å². The maximum Gasteiger partial charge on any atom is 0.361 e. The Morgan fingerprint density at radius 3 is 1.21 bits per heavy atom. The first kappa shape index (κ1) is 67.0. The Bertz CT molecular complexity index is 1330. The third-order valence-electron chi connectivity index (χ3n) is 12.5. The molecule has 0 bridgehead atoms. The number of carboxylic acids is 1. The molecule has 9 nitrogen and oxygen atoms in total. The molecule has 0 aromatic rings. The molecule has 0 aliphatic rings. The quantitative estimate of drug-likeness (QED) is 0.0211. The van der Waals surface area contributed by atoms with Crippen LogP contribution in [0, 0.1) is 0 Å². The number of unbranched alkanes of at least 4 members (excludes halogenated alkanes) is 28. The average molecular weight is 986 g/mol. The van der Waals surface area contributed by atoms with E-state index in [0.29, 0.717) is 17.4 Å². The van der Waals surface area contributed by atoms with E-state index in [0.717, 1.165) is 70.6 Å². The van der Waals surface area contributed by atoms with Gasteiger partial charge in [0.25, 0.3) is 6.29 Å². The van der Waals surface area contributed by atoms with Crippen LogP contribution in [-0.4, -0.2) is 87.4 Å². The highest BCUT2D eigenvalue weighted by Gasteiger charge is 2.25. The normalized spacial score (nSPS) is 13.2. The fourth-order valence-corrected chi connectivity index (χ4v) is 8.10. The molecule has 406 valence electrons. The summed E-state index contributed by atoms with van der Waals surface area (Å²) >= 11 is 0. The number of carboxylic acid groups (broad SMARTS) is 1. The number of hydrogen-bond donors (Lipinski definition) is 1. The number of quaternary nitrogens is 1. The van der Waals surface area contributed by atoms with Gasteiger partial charge < -0.3 is 28.5 Å². The van der Waals surface area contributed by atoms with Crippen LogP contribution in [0.15, 0.2) is 60.8 Å². The monoisotopic (exact) mass is 985 g/mol. The number of aliphatic carboxylic acids is 1. The number of hydrogen-bond acceptors (Lipinski definition) is 7. The fraction of sp³-hybridized carbons (Fsp3) is 0.787. The van der Waals surface area contributed by atoms with Gasteiger partial charge in [-0.3, -0.25) is 9.59 Å². The molecule has 0 amide bonds. The first-order chi connectivity index (χ1) is 34.1. The van der Waals surface area contributed by atoms with Crippen molar-refractivity contribution in [3.63, 3.8) is 0 Å². The van der Waals surface area contributed by atoms with E-state index < -0.39 is 24.3 Å². The molecule has 9 heteroatoms. The lowest BCUT2D eigenvalue weighted by molar-refractivity contribution is -0.870. The second-order valence-electron chi connectivity index (χ2n) is 20.6. The van der Waals surface area contributed by atoms with Gasteiger partial charge in [0.1, 0.15) is 13.2 Å². The highest BCUT2D eigenvalue weighted by Crippen LogP contribution is 2.17. The Hall–Kier alpha value is -3.01. The van der Waals surface area contributed by atoms with E-state index in [4.69, 9.17) is 18.9 Å². The zero-order chi connectivity index (χ0) is 51.3. The highest BCUT2D eigenvalue weighted by atomic mass is 16.7. The van der Waals surface area contributed by atoms with Crippen molar-refractivity contribution < 1.29 is 42.9 Å². The number of esters is 2. The summed E-state index contributed by atoms with van der Waals surface area (Å²) in [6, 6.07) is 0. The molecule has 1 N–H and O–H groups in total. The molecular formula is C61H110NO8+. The van der Waals surface area contributed by atoms with Crippen molar-refractivity contribution in [2.24, 2.45) is 0 Å². The molecule has 0 rings (SSSR count). The summed E-state index contributed by atoms with van der Waals surface area (Å²) in [7, 11) is 5.97. The van der Waals surface area contributed by atoms with Gasteiger partial charge >= 0.3 is 17.9 Å².